The van der Waals surface area contributed by atoms with Gasteiger partial charge in [0.25, 0.3) is 0 Å². The minimum absolute atomic E-state index is 0.174. The average molecular weight is 418 g/mol. The van der Waals surface area contributed by atoms with Gasteiger partial charge in [0.2, 0.25) is 0 Å². The molecule has 0 amide bonds. The van der Waals surface area contributed by atoms with Crippen LogP contribution in [0.3, 0.4) is 0 Å². The minimum Gasteiger partial charge on any atom is -0.508 e. The summed E-state index contributed by atoms with van der Waals surface area (Å²) in [5.74, 6) is 0.961. The molecule has 4 aromatic rings. The van der Waals surface area contributed by atoms with Crippen LogP contribution in [-0.4, -0.2) is 31.8 Å². The minimum atomic E-state index is -1.02. The first-order valence-corrected chi connectivity index (χ1v) is 9.81. The van der Waals surface area contributed by atoms with E-state index in [9.17, 15) is 9.90 Å². The van der Waals surface area contributed by atoms with E-state index in [2.05, 4.69) is 4.98 Å². The molecule has 0 saturated heterocycles. The van der Waals surface area contributed by atoms with Crippen molar-refractivity contribution < 1.29 is 24.5 Å². The number of aliphatic carboxylic acids is 1. The predicted octanol–water partition coefficient (Wildman–Crippen LogP) is 4.74. The number of rotatable bonds is 7. The molecular formula is C24H22N2O5. The van der Waals surface area contributed by atoms with Crippen LogP contribution in [0.1, 0.15) is 18.2 Å². The van der Waals surface area contributed by atoms with Crippen LogP contribution in [0.25, 0.3) is 11.0 Å². The van der Waals surface area contributed by atoms with Gasteiger partial charge in [-0.05, 0) is 67.9 Å². The van der Waals surface area contributed by atoms with Gasteiger partial charge in [0, 0.05) is 12.7 Å². The molecule has 0 aliphatic carbocycles. The maximum absolute atomic E-state index is 11.1. The van der Waals surface area contributed by atoms with Gasteiger partial charge in [-0.2, -0.15) is 0 Å². The number of ether oxygens (including phenoxy) is 2. The molecular weight excluding hydrogens is 396 g/mol. The second-order valence-electron chi connectivity index (χ2n) is 7.22. The first kappa shape index (κ1) is 20.3. The van der Waals surface area contributed by atoms with Gasteiger partial charge in [-0.3, -0.25) is 0 Å². The molecule has 0 fully saturated rings. The molecule has 2 heterocycles. The highest BCUT2D eigenvalue weighted by molar-refractivity contribution is 5.86. The molecule has 0 aliphatic rings. The number of phenolic OH excluding ortho intramolecular Hbond substituents is 1. The van der Waals surface area contributed by atoms with Gasteiger partial charge in [0.05, 0.1) is 11.1 Å². The van der Waals surface area contributed by atoms with E-state index in [-0.39, 0.29) is 5.75 Å². The quantitative estimate of drug-likeness (QED) is 0.450. The first-order valence-electron chi connectivity index (χ1n) is 9.81. The normalized spacial score (nSPS) is 11.9. The van der Waals surface area contributed by atoms with Crippen molar-refractivity contribution >= 4 is 17.0 Å². The summed E-state index contributed by atoms with van der Waals surface area (Å²) in [5, 5.41) is 19.5. The van der Waals surface area contributed by atoms with Crippen LogP contribution in [0.2, 0.25) is 0 Å². The summed E-state index contributed by atoms with van der Waals surface area (Å²) in [7, 11) is 0. The van der Waals surface area contributed by atoms with Crippen LogP contribution in [0.5, 0.6) is 23.0 Å². The molecule has 31 heavy (non-hydrogen) atoms. The molecule has 7 nitrogen and oxygen atoms in total. The van der Waals surface area contributed by atoms with E-state index in [1.54, 1.807) is 36.5 Å². The Labute approximate surface area is 179 Å². The maximum Gasteiger partial charge on any atom is 0.344 e. The van der Waals surface area contributed by atoms with Crippen LogP contribution < -0.4 is 9.47 Å². The number of pyridine rings is 1. The molecule has 2 aromatic carbocycles. The van der Waals surface area contributed by atoms with E-state index >= 15 is 0 Å². The number of aromatic hydroxyl groups is 1. The first-order chi connectivity index (χ1) is 14.9. The zero-order chi connectivity index (χ0) is 22.0. The summed E-state index contributed by atoms with van der Waals surface area (Å²) in [4.78, 5) is 15.6. The third-order valence-corrected chi connectivity index (χ3v) is 4.98. The Morgan fingerprint density at radius 1 is 1.10 bits per heavy atom. The predicted molar refractivity (Wildman–Crippen MR) is 116 cm³/mol. The Morgan fingerprint density at radius 3 is 2.61 bits per heavy atom. The highest BCUT2D eigenvalue weighted by Crippen LogP contribution is 2.36. The zero-order valence-electron chi connectivity index (χ0n) is 17.1. The molecule has 0 unspecified atom stereocenters. The number of nitrogens with zero attached hydrogens (tertiary/aromatic N) is 2. The van der Waals surface area contributed by atoms with Crippen LogP contribution in [-0.2, 0) is 11.3 Å². The van der Waals surface area contributed by atoms with Gasteiger partial charge in [-0.15, -0.1) is 0 Å². The van der Waals surface area contributed by atoms with Crippen molar-refractivity contribution in [3.05, 3.63) is 78.1 Å². The number of hydrogen-bond acceptors (Lipinski definition) is 5. The highest BCUT2D eigenvalue weighted by Gasteiger charge is 2.18. The Balaban J connectivity index is 1.68. The van der Waals surface area contributed by atoms with Crippen molar-refractivity contribution in [2.75, 3.05) is 0 Å². The number of fused-ring (bicyclic) bond motifs is 1. The monoisotopic (exact) mass is 418 g/mol. The number of aromatic nitrogens is 2. The van der Waals surface area contributed by atoms with E-state index in [1.807, 2.05) is 41.8 Å². The fourth-order valence-electron chi connectivity index (χ4n) is 3.37. The highest BCUT2D eigenvalue weighted by atomic mass is 16.5. The van der Waals surface area contributed by atoms with Gasteiger partial charge in [-0.25, -0.2) is 9.78 Å². The molecule has 7 heteroatoms. The summed E-state index contributed by atoms with van der Waals surface area (Å²) < 4.78 is 13.7. The van der Waals surface area contributed by atoms with Gasteiger partial charge < -0.3 is 24.3 Å². The summed E-state index contributed by atoms with van der Waals surface area (Å²) in [6, 6.07) is 17.7. The number of hydrogen-bond donors (Lipinski definition) is 2. The van der Waals surface area contributed by atoms with Crippen molar-refractivity contribution in [1.29, 1.82) is 0 Å². The molecule has 0 radical (unpaired) electrons. The average Bonchev–Trinajstić information content (AvgIpc) is 3.01. The SMILES string of the molecule is Cc1c(Oc2ccc(O)cc2)c2cccnc2n1Cc1cccc(O[C@H](C)C(=O)O)c1. The van der Waals surface area contributed by atoms with Gasteiger partial charge in [0.15, 0.2) is 11.9 Å². The summed E-state index contributed by atoms with van der Waals surface area (Å²) in [6.45, 7) is 3.97. The summed E-state index contributed by atoms with van der Waals surface area (Å²) in [6.07, 6.45) is 0.799. The topological polar surface area (TPSA) is 93.8 Å². The van der Waals surface area contributed by atoms with Crippen LogP contribution >= 0.6 is 0 Å². The molecule has 4 rings (SSSR count). The molecule has 0 saturated carbocycles. The number of benzene rings is 2. The molecule has 0 aliphatic heterocycles. The van der Waals surface area contributed by atoms with E-state index in [4.69, 9.17) is 14.6 Å². The molecule has 158 valence electrons. The Bertz CT molecular complexity index is 1230. The summed E-state index contributed by atoms with van der Waals surface area (Å²) in [5.41, 5.74) is 2.61. The van der Waals surface area contributed by atoms with Crippen LogP contribution in [0.15, 0.2) is 66.9 Å². The maximum atomic E-state index is 11.1. The summed E-state index contributed by atoms with van der Waals surface area (Å²) >= 11 is 0. The van der Waals surface area contributed by atoms with Gasteiger partial charge in [0.1, 0.15) is 22.9 Å². The largest absolute Gasteiger partial charge is 0.508 e. The molecule has 2 N–H and O–H groups in total. The number of carboxylic acids is 1. The lowest BCUT2D eigenvalue weighted by Crippen LogP contribution is -2.22. The van der Waals surface area contributed by atoms with E-state index < -0.39 is 12.1 Å². The number of carboxylic acid groups (broad SMARTS) is 1. The van der Waals surface area contributed by atoms with E-state index in [0.29, 0.717) is 23.8 Å². The molecule has 0 spiro atoms. The Hall–Kier alpha value is -4.00. The Morgan fingerprint density at radius 2 is 1.87 bits per heavy atom. The third kappa shape index (κ3) is 4.30. The molecule has 1 atom stereocenters. The van der Waals surface area contributed by atoms with Crippen LogP contribution in [0.4, 0.5) is 0 Å². The second-order valence-corrected chi connectivity index (χ2v) is 7.22. The zero-order valence-corrected chi connectivity index (χ0v) is 17.1. The van der Waals surface area contributed by atoms with Crippen molar-refractivity contribution in [2.24, 2.45) is 0 Å². The molecule has 0 bridgehead atoms. The lowest BCUT2D eigenvalue weighted by atomic mass is 10.2. The smallest absolute Gasteiger partial charge is 0.344 e. The second kappa shape index (κ2) is 8.39. The Kier molecular flexibility index (Phi) is 5.49. The lowest BCUT2D eigenvalue weighted by molar-refractivity contribution is -0.144. The standard InChI is InChI=1S/C24H22N2O5/c1-15-22(31-19-10-8-18(27)9-11-19)21-7-4-12-25-23(21)26(15)14-17-5-3-6-20(13-17)30-16(2)24(28)29/h3-13,16,27H,14H2,1-2H3,(H,28,29)/t16-/m1/s1. The van der Waals surface area contributed by atoms with Gasteiger partial charge in [-0.1, -0.05) is 12.1 Å². The molecule has 2 aromatic heterocycles. The van der Waals surface area contributed by atoms with Crippen molar-refractivity contribution in [2.45, 2.75) is 26.5 Å². The van der Waals surface area contributed by atoms with E-state index in [0.717, 1.165) is 22.3 Å². The van der Waals surface area contributed by atoms with E-state index in [1.165, 1.54) is 6.92 Å². The van der Waals surface area contributed by atoms with Crippen molar-refractivity contribution in [3.8, 4) is 23.0 Å². The number of phenols is 1. The van der Waals surface area contributed by atoms with Crippen molar-refractivity contribution in [1.82, 2.24) is 9.55 Å². The fraction of sp³-hybridized carbons (Fsp3) is 0.167. The van der Waals surface area contributed by atoms with Crippen molar-refractivity contribution in [3.63, 3.8) is 0 Å². The fourth-order valence-corrected chi connectivity index (χ4v) is 3.37. The van der Waals surface area contributed by atoms with Gasteiger partial charge >= 0.3 is 5.97 Å². The van der Waals surface area contributed by atoms with Crippen LogP contribution in [0, 0.1) is 6.92 Å². The number of carbonyl (C=O) groups is 1. The third-order valence-electron chi connectivity index (χ3n) is 4.98. The lowest BCUT2D eigenvalue weighted by Gasteiger charge is -2.13.